The van der Waals surface area contributed by atoms with Crippen LogP contribution >= 0.6 is 0 Å². The normalized spacial score (nSPS) is 15.0. The lowest BCUT2D eigenvalue weighted by molar-refractivity contribution is -0.163. The van der Waals surface area contributed by atoms with Crippen molar-refractivity contribution in [1.82, 2.24) is 0 Å². The molecule has 0 bridgehead atoms. The molecule has 21 heavy (non-hydrogen) atoms. The van der Waals surface area contributed by atoms with E-state index < -0.39 is 36.4 Å². The van der Waals surface area contributed by atoms with Crippen LogP contribution in [0.2, 0.25) is 0 Å². The second-order valence-electron chi connectivity index (χ2n) is 5.03. The molecule has 0 aromatic carbocycles. The fourth-order valence-electron chi connectivity index (χ4n) is 1.85. The van der Waals surface area contributed by atoms with Gasteiger partial charge in [-0.15, -0.1) is 0 Å². The molecule has 0 aliphatic carbocycles. The van der Waals surface area contributed by atoms with Crippen LogP contribution in [0.15, 0.2) is 0 Å². The maximum atomic E-state index is 11.6. The molecule has 0 fully saturated rings. The Balaban J connectivity index is 4.38. The molecule has 0 amide bonds. The highest BCUT2D eigenvalue weighted by molar-refractivity contribution is 5.85. The van der Waals surface area contributed by atoms with E-state index in [1.54, 1.807) is 0 Å². The largest absolute Gasteiger partial charge is 0.481 e. The minimum absolute atomic E-state index is 0.185. The molecule has 0 rings (SSSR count). The third-order valence-electron chi connectivity index (χ3n) is 3.36. The molecule has 0 radical (unpaired) electrons. The average molecular weight is 304 g/mol. The van der Waals surface area contributed by atoms with Crippen LogP contribution in [-0.2, 0) is 19.1 Å². The Kier molecular flexibility index (Phi) is 9.36. The lowest BCUT2D eigenvalue weighted by Gasteiger charge is -2.17. The minimum Gasteiger partial charge on any atom is -0.481 e. The van der Waals surface area contributed by atoms with E-state index >= 15 is 0 Å². The standard InChI is InChI=1S/C14H24O7/c1-3-5-6-9(4-2)8-21-11(15)7-10(13(17)18)12(16)14(19)20/h9-10,12,16H,3-8H2,1-2H3,(H,17,18)(H,19,20). The number of hydrogen-bond acceptors (Lipinski definition) is 5. The first-order chi connectivity index (χ1) is 9.83. The van der Waals surface area contributed by atoms with Gasteiger partial charge in [-0.2, -0.15) is 0 Å². The Morgan fingerprint density at radius 3 is 2.14 bits per heavy atom. The Bertz CT molecular complexity index is 353. The number of carboxylic acid groups (broad SMARTS) is 2. The van der Waals surface area contributed by atoms with E-state index in [1.807, 2.05) is 6.92 Å². The summed E-state index contributed by atoms with van der Waals surface area (Å²) in [6.45, 7) is 4.22. The predicted molar refractivity (Wildman–Crippen MR) is 73.7 cm³/mol. The van der Waals surface area contributed by atoms with Crippen molar-refractivity contribution in [3.63, 3.8) is 0 Å². The van der Waals surface area contributed by atoms with Crippen molar-refractivity contribution < 1.29 is 34.4 Å². The molecule has 122 valence electrons. The van der Waals surface area contributed by atoms with E-state index in [4.69, 9.17) is 14.9 Å². The Hall–Kier alpha value is -1.63. The zero-order chi connectivity index (χ0) is 16.4. The van der Waals surface area contributed by atoms with Crippen molar-refractivity contribution in [3.8, 4) is 0 Å². The van der Waals surface area contributed by atoms with E-state index in [1.165, 1.54) is 0 Å². The van der Waals surface area contributed by atoms with Crippen molar-refractivity contribution in [3.05, 3.63) is 0 Å². The summed E-state index contributed by atoms with van der Waals surface area (Å²) in [6.07, 6.45) is 1.03. The van der Waals surface area contributed by atoms with Gasteiger partial charge in [0.1, 0.15) is 5.92 Å². The van der Waals surface area contributed by atoms with Gasteiger partial charge in [-0.05, 0) is 12.3 Å². The molecule has 3 N–H and O–H groups in total. The van der Waals surface area contributed by atoms with Gasteiger partial charge in [0.2, 0.25) is 0 Å². The summed E-state index contributed by atoms with van der Waals surface area (Å²) >= 11 is 0. The smallest absolute Gasteiger partial charge is 0.333 e. The first-order valence-electron chi connectivity index (χ1n) is 7.12. The van der Waals surface area contributed by atoms with Gasteiger partial charge in [0.15, 0.2) is 6.10 Å². The van der Waals surface area contributed by atoms with Gasteiger partial charge in [0.25, 0.3) is 0 Å². The average Bonchev–Trinajstić information content (AvgIpc) is 2.43. The van der Waals surface area contributed by atoms with Crippen LogP contribution in [0, 0.1) is 11.8 Å². The topological polar surface area (TPSA) is 121 Å². The molecule has 0 aromatic rings. The van der Waals surface area contributed by atoms with Crippen molar-refractivity contribution in [1.29, 1.82) is 0 Å². The second kappa shape index (κ2) is 10.1. The molecule has 0 aliphatic heterocycles. The highest BCUT2D eigenvalue weighted by Crippen LogP contribution is 2.15. The number of aliphatic hydroxyl groups excluding tert-OH is 1. The van der Waals surface area contributed by atoms with Crippen molar-refractivity contribution >= 4 is 17.9 Å². The fraction of sp³-hybridized carbons (Fsp3) is 0.786. The van der Waals surface area contributed by atoms with Crippen molar-refractivity contribution in [2.45, 2.75) is 52.1 Å². The van der Waals surface area contributed by atoms with Crippen LogP contribution in [0.1, 0.15) is 46.0 Å². The van der Waals surface area contributed by atoms with E-state index in [2.05, 4.69) is 6.92 Å². The number of aliphatic carboxylic acids is 2. The SMILES string of the molecule is CCCCC(CC)COC(=O)CC(C(=O)O)C(O)C(=O)O. The lowest BCUT2D eigenvalue weighted by atomic mass is 9.98. The van der Waals surface area contributed by atoms with Crippen LogP contribution in [0.25, 0.3) is 0 Å². The fourth-order valence-corrected chi connectivity index (χ4v) is 1.85. The molecule has 0 saturated heterocycles. The van der Waals surface area contributed by atoms with Gasteiger partial charge in [0.05, 0.1) is 13.0 Å². The number of carboxylic acids is 2. The third kappa shape index (κ3) is 7.65. The van der Waals surface area contributed by atoms with E-state index in [-0.39, 0.29) is 12.5 Å². The minimum atomic E-state index is -2.13. The highest BCUT2D eigenvalue weighted by Gasteiger charge is 2.34. The highest BCUT2D eigenvalue weighted by atomic mass is 16.5. The number of hydrogen-bond donors (Lipinski definition) is 3. The van der Waals surface area contributed by atoms with E-state index in [0.717, 1.165) is 25.7 Å². The molecular formula is C14H24O7. The third-order valence-corrected chi connectivity index (χ3v) is 3.36. The zero-order valence-electron chi connectivity index (χ0n) is 12.4. The van der Waals surface area contributed by atoms with Crippen LogP contribution in [-0.4, -0.2) is 45.9 Å². The summed E-state index contributed by atoms with van der Waals surface area (Å²) in [5.74, 6) is -5.52. The van der Waals surface area contributed by atoms with E-state index in [9.17, 15) is 19.5 Å². The molecule has 7 nitrogen and oxygen atoms in total. The summed E-state index contributed by atoms with van der Waals surface area (Å²) < 4.78 is 5.00. The van der Waals surface area contributed by atoms with Crippen LogP contribution in [0.4, 0.5) is 0 Å². The summed E-state index contributed by atoms with van der Waals surface area (Å²) in [5.41, 5.74) is 0. The molecule has 0 spiro atoms. The molecule has 0 aromatic heterocycles. The first kappa shape index (κ1) is 19.4. The van der Waals surface area contributed by atoms with Crippen LogP contribution in [0.5, 0.6) is 0 Å². The summed E-state index contributed by atoms with van der Waals surface area (Å²) in [7, 11) is 0. The van der Waals surface area contributed by atoms with Crippen molar-refractivity contribution in [2.24, 2.45) is 11.8 Å². The molecular weight excluding hydrogens is 280 g/mol. The molecule has 3 unspecified atom stereocenters. The maximum absolute atomic E-state index is 11.6. The number of esters is 1. The lowest BCUT2D eigenvalue weighted by Crippen LogP contribution is -2.36. The van der Waals surface area contributed by atoms with E-state index in [0.29, 0.717) is 0 Å². The van der Waals surface area contributed by atoms with Gasteiger partial charge in [-0.3, -0.25) is 9.59 Å². The molecule has 7 heteroatoms. The molecule has 0 saturated carbocycles. The number of aliphatic hydroxyl groups is 1. The Labute approximate surface area is 123 Å². The van der Waals surface area contributed by atoms with Gasteiger partial charge in [0, 0.05) is 0 Å². The Morgan fingerprint density at radius 1 is 1.10 bits per heavy atom. The first-order valence-corrected chi connectivity index (χ1v) is 7.12. The van der Waals surface area contributed by atoms with Gasteiger partial charge in [-0.1, -0.05) is 33.1 Å². The summed E-state index contributed by atoms with van der Waals surface area (Å²) in [4.78, 5) is 33.1. The molecule has 0 heterocycles. The van der Waals surface area contributed by atoms with Gasteiger partial charge >= 0.3 is 17.9 Å². The van der Waals surface area contributed by atoms with Crippen molar-refractivity contribution in [2.75, 3.05) is 6.61 Å². The summed E-state index contributed by atoms with van der Waals surface area (Å²) in [6, 6.07) is 0. The number of rotatable bonds is 11. The monoisotopic (exact) mass is 304 g/mol. The molecule has 0 aliphatic rings. The maximum Gasteiger partial charge on any atom is 0.333 e. The second-order valence-corrected chi connectivity index (χ2v) is 5.03. The van der Waals surface area contributed by atoms with Crippen LogP contribution < -0.4 is 0 Å². The number of carbonyl (C=O) groups is 3. The van der Waals surface area contributed by atoms with Crippen LogP contribution in [0.3, 0.4) is 0 Å². The molecule has 3 atom stereocenters. The van der Waals surface area contributed by atoms with Gasteiger partial charge in [-0.25, -0.2) is 4.79 Å². The number of carbonyl (C=O) groups excluding carboxylic acids is 1. The number of ether oxygens (including phenoxy) is 1. The predicted octanol–water partition coefficient (Wildman–Crippen LogP) is 1.28. The quantitative estimate of drug-likeness (QED) is 0.491. The Morgan fingerprint density at radius 2 is 1.71 bits per heavy atom. The van der Waals surface area contributed by atoms with Gasteiger partial charge < -0.3 is 20.1 Å². The summed E-state index contributed by atoms with van der Waals surface area (Å²) in [5, 5.41) is 26.7. The number of unbranched alkanes of at least 4 members (excludes halogenated alkanes) is 1. The zero-order valence-corrected chi connectivity index (χ0v) is 12.4.